The van der Waals surface area contributed by atoms with Gasteiger partial charge in [-0.1, -0.05) is 55.7 Å². The van der Waals surface area contributed by atoms with Crippen molar-refractivity contribution in [3.05, 3.63) is 88.6 Å². The van der Waals surface area contributed by atoms with Crippen molar-refractivity contribution in [1.82, 2.24) is 10.2 Å². The summed E-state index contributed by atoms with van der Waals surface area (Å²) in [6.45, 7) is 1.71. The van der Waals surface area contributed by atoms with Crippen LogP contribution in [-0.2, 0) is 9.59 Å². The molecule has 10 heteroatoms. The summed E-state index contributed by atoms with van der Waals surface area (Å²) < 4.78 is 42.0. The van der Waals surface area contributed by atoms with Crippen LogP contribution in [0.15, 0.2) is 66.2 Å². The molecule has 1 N–H and O–H groups in total. The van der Waals surface area contributed by atoms with Crippen molar-refractivity contribution >= 4 is 23.3 Å². The molecule has 1 aliphatic heterocycles. The number of ketones is 1. The summed E-state index contributed by atoms with van der Waals surface area (Å²) in [4.78, 5) is 27.6. The van der Waals surface area contributed by atoms with Gasteiger partial charge in [0.2, 0.25) is 0 Å². The number of hydrogen-bond acceptors (Lipinski definition) is 6. The minimum absolute atomic E-state index is 0.0648. The SMILES string of the molecule is Cc1ccc(N2C(=O)C(=O)/C(=C(\O)c3ccc(C4CCCCC4)cc3)C2c2ccc(OC(F)(F)F)cc2)nn1. The fourth-order valence-corrected chi connectivity index (χ4v) is 5.26. The molecular weight excluding hydrogens is 511 g/mol. The maximum atomic E-state index is 13.3. The first-order valence-corrected chi connectivity index (χ1v) is 12.7. The molecule has 1 saturated heterocycles. The van der Waals surface area contributed by atoms with Gasteiger partial charge < -0.3 is 9.84 Å². The lowest BCUT2D eigenvalue weighted by Gasteiger charge is -2.24. The van der Waals surface area contributed by atoms with Crippen LogP contribution in [0.3, 0.4) is 0 Å². The number of alkyl halides is 3. The number of benzene rings is 2. The molecule has 202 valence electrons. The molecule has 0 bridgehead atoms. The molecule has 5 rings (SSSR count). The zero-order chi connectivity index (χ0) is 27.7. The number of amides is 1. The Hall–Kier alpha value is -4.21. The van der Waals surface area contributed by atoms with Crippen molar-refractivity contribution in [3.63, 3.8) is 0 Å². The minimum Gasteiger partial charge on any atom is -0.507 e. The molecule has 39 heavy (non-hydrogen) atoms. The summed E-state index contributed by atoms with van der Waals surface area (Å²) in [6, 6.07) is 14.0. The van der Waals surface area contributed by atoms with Gasteiger partial charge in [-0.2, -0.15) is 5.10 Å². The van der Waals surface area contributed by atoms with Crippen LogP contribution >= 0.6 is 0 Å². The maximum absolute atomic E-state index is 13.3. The van der Waals surface area contributed by atoms with E-state index in [0.717, 1.165) is 35.4 Å². The standard InChI is InChI=1S/C29H26F3N3O4/c1-17-7-16-23(34-33-17)35-25(20-12-14-22(15-13-20)39-29(30,31)32)24(27(37)28(35)38)26(36)21-10-8-19(9-11-21)18-5-3-2-4-6-18/h7-16,18,25,36H,2-6H2,1H3/b26-24-. The van der Waals surface area contributed by atoms with Crippen LogP contribution in [-0.4, -0.2) is 33.4 Å². The van der Waals surface area contributed by atoms with E-state index in [1.54, 1.807) is 25.1 Å². The van der Waals surface area contributed by atoms with Gasteiger partial charge in [0, 0.05) is 5.56 Å². The Morgan fingerprint density at radius 2 is 1.54 bits per heavy atom. The first kappa shape index (κ1) is 26.4. The summed E-state index contributed by atoms with van der Waals surface area (Å²) in [5.74, 6) is -2.21. The van der Waals surface area contributed by atoms with Crippen LogP contribution < -0.4 is 9.64 Å². The normalized spacial score (nSPS) is 19.9. The Bertz CT molecular complexity index is 1400. The Morgan fingerprint density at radius 1 is 0.897 bits per heavy atom. The van der Waals surface area contributed by atoms with Crippen LogP contribution in [0, 0.1) is 6.92 Å². The molecule has 1 aliphatic carbocycles. The quantitative estimate of drug-likeness (QED) is 0.231. The lowest BCUT2D eigenvalue weighted by molar-refractivity contribution is -0.274. The fraction of sp³-hybridized carbons (Fsp3) is 0.310. The number of ether oxygens (including phenoxy) is 1. The molecule has 2 heterocycles. The van der Waals surface area contributed by atoms with E-state index in [9.17, 15) is 27.9 Å². The predicted octanol–water partition coefficient (Wildman–Crippen LogP) is 6.36. The Balaban J connectivity index is 1.57. The number of nitrogens with zero attached hydrogens (tertiary/aromatic N) is 3. The molecule has 1 aromatic heterocycles. The van der Waals surface area contributed by atoms with Crippen molar-refractivity contribution in [2.75, 3.05) is 4.90 Å². The molecule has 7 nitrogen and oxygen atoms in total. The highest BCUT2D eigenvalue weighted by Gasteiger charge is 2.47. The highest BCUT2D eigenvalue weighted by atomic mass is 19.4. The van der Waals surface area contributed by atoms with Crippen LogP contribution in [0.2, 0.25) is 0 Å². The van der Waals surface area contributed by atoms with Crippen LogP contribution in [0.4, 0.5) is 19.0 Å². The van der Waals surface area contributed by atoms with E-state index in [4.69, 9.17) is 0 Å². The molecular formula is C29H26F3N3O4. The predicted molar refractivity (Wildman–Crippen MR) is 137 cm³/mol. The van der Waals surface area contributed by atoms with Crippen molar-refractivity contribution in [2.45, 2.75) is 57.3 Å². The van der Waals surface area contributed by atoms with E-state index in [-0.39, 0.29) is 22.7 Å². The number of carbonyl (C=O) groups is 2. The molecule has 1 unspecified atom stereocenters. The highest BCUT2D eigenvalue weighted by molar-refractivity contribution is 6.51. The topological polar surface area (TPSA) is 92.6 Å². The summed E-state index contributed by atoms with van der Waals surface area (Å²) >= 11 is 0. The Morgan fingerprint density at radius 3 is 2.13 bits per heavy atom. The summed E-state index contributed by atoms with van der Waals surface area (Å²) in [6.07, 6.45) is 0.890. The fourth-order valence-electron chi connectivity index (χ4n) is 5.26. The number of aryl methyl sites for hydroxylation is 1. The molecule has 3 aromatic rings. The number of aliphatic hydroxyl groups is 1. The Labute approximate surface area is 222 Å². The highest BCUT2D eigenvalue weighted by Crippen LogP contribution is 2.42. The van der Waals surface area contributed by atoms with Crippen molar-refractivity contribution in [1.29, 1.82) is 0 Å². The molecule has 2 aliphatic rings. The molecule has 1 atom stereocenters. The largest absolute Gasteiger partial charge is 0.573 e. The Kier molecular flexibility index (Phi) is 7.12. The average Bonchev–Trinajstić information content (AvgIpc) is 3.19. The number of carbonyl (C=O) groups excluding carboxylic acids is 2. The zero-order valence-electron chi connectivity index (χ0n) is 21.1. The lowest BCUT2D eigenvalue weighted by atomic mass is 9.84. The lowest BCUT2D eigenvalue weighted by Crippen LogP contribution is -2.30. The molecule has 1 amide bonds. The molecule has 0 spiro atoms. The van der Waals surface area contributed by atoms with Gasteiger partial charge in [0.25, 0.3) is 5.78 Å². The summed E-state index contributed by atoms with van der Waals surface area (Å²) in [7, 11) is 0. The van der Waals surface area contributed by atoms with E-state index >= 15 is 0 Å². The first-order chi connectivity index (χ1) is 18.6. The van der Waals surface area contributed by atoms with Gasteiger partial charge in [0.15, 0.2) is 5.82 Å². The van der Waals surface area contributed by atoms with E-state index in [1.807, 2.05) is 12.1 Å². The van der Waals surface area contributed by atoms with Gasteiger partial charge in [0.1, 0.15) is 11.5 Å². The van der Waals surface area contributed by atoms with Gasteiger partial charge >= 0.3 is 12.3 Å². The first-order valence-electron chi connectivity index (χ1n) is 12.7. The molecule has 0 radical (unpaired) electrons. The van der Waals surface area contributed by atoms with Gasteiger partial charge in [-0.05, 0) is 61.1 Å². The smallest absolute Gasteiger partial charge is 0.507 e. The van der Waals surface area contributed by atoms with Crippen molar-refractivity contribution in [2.24, 2.45) is 0 Å². The van der Waals surface area contributed by atoms with E-state index in [1.165, 1.54) is 37.5 Å². The van der Waals surface area contributed by atoms with E-state index in [0.29, 0.717) is 17.2 Å². The van der Waals surface area contributed by atoms with E-state index in [2.05, 4.69) is 14.9 Å². The number of rotatable bonds is 5. The molecule has 1 saturated carbocycles. The third-order valence-electron chi connectivity index (χ3n) is 7.17. The number of halogens is 3. The number of Topliss-reactive ketones (excluding diaryl/α,β-unsaturated/α-hetero) is 1. The summed E-state index contributed by atoms with van der Waals surface area (Å²) in [5.41, 5.74) is 2.17. The average molecular weight is 538 g/mol. The number of anilines is 1. The van der Waals surface area contributed by atoms with Gasteiger partial charge in [-0.3, -0.25) is 14.5 Å². The molecule has 2 aromatic carbocycles. The second-order valence-corrected chi connectivity index (χ2v) is 9.78. The minimum atomic E-state index is -4.88. The van der Waals surface area contributed by atoms with Gasteiger partial charge in [-0.25, -0.2) is 0 Å². The maximum Gasteiger partial charge on any atom is 0.573 e. The van der Waals surface area contributed by atoms with Crippen molar-refractivity contribution in [3.8, 4) is 5.75 Å². The third kappa shape index (κ3) is 5.50. The number of hydrogen-bond donors (Lipinski definition) is 1. The second-order valence-electron chi connectivity index (χ2n) is 9.78. The van der Waals surface area contributed by atoms with Gasteiger partial charge in [-0.15, -0.1) is 18.3 Å². The van der Waals surface area contributed by atoms with Crippen LogP contribution in [0.5, 0.6) is 5.75 Å². The van der Waals surface area contributed by atoms with Crippen molar-refractivity contribution < 1.29 is 32.6 Å². The van der Waals surface area contributed by atoms with E-state index < -0.39 is 29.8 Å². The number of aliphatic hydroxyl groups excluding tert-OH is 1. The molecule has 2 fully saturated rings. The van der Waals surface area contributed by atoms with Crippen LogP contribution in [0.1, 0.15) is 66.4 Å². The monoisotopic (exact) mass is 537 g/mol. The van der Waals surface area contributed by atoms with Gasteiger partial charge in [0.05, 0.1) is 17.3 Å². The van der Waals surface area contributed by atoms with Crippen LogP contribution in [0.25, 0.3) is 5.76 Å². The summed E-state index contributed by atoms with van der Waals surface area (Å²) in [5, 5.41) is 19.3. The zero-order valence-corrected chi connectivity index (χ0v) is 21.1. The third-order valence-corrected chi connectivity index (χ3v) is 7.17. The number of aromatic nitrogens is 2. The second kappa shape index (κ2) is 10.5.